The number of nitrogens with one attached hydrogen (secondary N) is 1. The third-order valence-corrected chi connectivity index (χ3v) is 8.12. The van der Waals surface area contributed by atoms with Crippen LogP contribution in [0.25, 0.3) is 11.2 Å². The summed E-state index contributed by atoms with van der Waals surface area (Å²) >= 11 is 0. The molecule has 0 saturated carbocycles. The highest BCUT2D eigenvalue weighted by Gasteiger charge is 2.46. The van der Waals surface area contributed by atoms with E-state index in [4.69, 9.17) is 15.9 Å². The third-order valence-electron chi connectivity index (χ3n) is 8.12. The SMILES string of the molecule is C#C[C@]1(CO)O[C@@H](n2cnc3c(NC(c4ccccc4)(c4ccccc4)c4ccc(OC)cc4)nc(F)nc32)C[C@@H]1C. The van der Waals surface area contributed by atoms with Crippen LogP contribution in [0.4, 0.5) is 10.2 Å². The lowest BCUT2D eigenvalue weighted by Crippen LogP contribution is -2.38. The van der Waals surface area contributed by atoms with E-state index in [1.165, 1.54) is 0 Å². The monoisotopic (exact) mass is 563 g/mol. The molecular weight excluding hydrogens is 533 g/mol. The molecule has 0 amide bonds. The average Bonchev–Trinajstić information content (AvgIpc) is 3.61. The van der Waals surface area contributed by atoms with Gasteiger partial charge in [-0.1, -0.05) is 85.6 Å². The van der Waals surface area contributed by atoms with Crippen LogP contribution in [0, 0.1) is 24.3 Å². The van der Waals surface area contributed by atoms with Crippen molar-refractivity contribution >= 4 is 17.0 Å². The number of imidazole rings is 1. The van der Waals surface area contributed by atoms with Crippen molar-refractivity contribution in [3.63, 3.8) is 0 Å². The van der Waals surface area contributed by atoms with Gasteiger partial charge in [-0.15, -0.1) is 6.42 Å². The van der Waals surface area contributed by atoms with E-state index < -0.39 is 23.4 Å². The van der Waals surface area contributed by atoms with Gasteiger partial charge in [-0.25, -0.2) is 4.98 Å². The van der Waals surface area contributed by atoms with Crippen molar-refractivity contribution < 1.29 is 19.0 Å². The first kappa shape index (κ1) is 27.4. The van der Waals surface area contributed by atoms with E-state index in [1.54, 1.807) is 18.0 Å². The number of anilines is 1. The Bertz CT molecular complexity index is 1700. The van der Waals surface area contributed by atoms with Gasteiger partial charge in [-0.2, -0.15) is 14.4 Å². The maximum atomic E-state index is 15.3. The Morgan fingerprint density at radius 2 is 1.67 bits per heavy atom. The molecule has 2 N–H and O–H groups in total. The zero-order chi connectivity index (χ0) is 29.3. The van der Waals surface area contributed by atoms with Crippen molar-refractivity contribution in [3.05, 3.63) is 114 Å². The number of terminal acetylenes is 1. The quantitative estimate of drug-likeness (QED) is 0.150. The van der Waals surface area contributed by atoms with Gasteiger partial charge in [0, 0.05) is 5.92 Å². The maximum Gasteiger partial charge on any atom is 0.312 e. The highest BCUT2D eigenvalue weighted by atomic mass is 19.1. The van der Waals surface area contributed by atoms with E-state index in [9.17, 15) is 5.11 Å². The number of benzene rings is 3. The molecule has 0 spiro atoms. The van der Waals surface area contributed by atoms with Gasteiger partial charge in [-0.3, -0.25) is 4.57 Å². The summed E-state index contributed by atoms with van der Waals surface area (Å²) in [6.07, 6.45) is 6.26. The fourth-order valence-electron chi connectivity index (χ4n) is 5.78. The van der Waals surface area contributed by atoms with Gasteiger partial charge >= 0.3 is 6.08 Å². The summed E-state index contributed by atoms with van der Waals surface area (Å²) < 4.78 is 28.5. The minimum atomic E-state index is -1.14. The first-order valence-corrected chi connectivity index (χ1v) is 13.6. The molecule has 0 unspecified atom stereocenters. The number of aliphatic hydroxyl groups is 1. The Morgan fingerprint density at radius 1 is 1.05 bits per heavy atom. The summed E-state index contributed by atoms with van der Waals surface area (Å²) in [5.74, 6) is 3.37. The molecule has 1 saturated heterocycles. The minimum Gasteiger partial charge on any atom is -0.497 e. The van der Waals surface area contributed by atoms with Crippen molar-refractivity contribution in [2.75, 3.05) is 19.0 Å². The summed E-state index contributed by atoms with van der Waals surface area (Å²) in [6.45, 7) is 1.59. The lowest BCUT2D eigenvalue weighted by atomic mass is 9.77. The standard InChI is InChI=1S/C33H30FN5O3/c1-4-32(20-40)22(2)19-27(42-32)39-21-35-28-29(36-31(34)37-30(28)39)38-33(23-11-7-5-8-12-23,24-13-9-6-10-14-24)25-15-17-26(41-3)18-16-25/h1,5-18,21-22,27,40H,19-20H2,2-3H3,(H,36,37,38)/t22-,27+,32+/m0/s1. The van der Waals surface area contributed by atoms with Crippen LogP contribution in [0.5, 0.6) is 5.75 Å². The Kier molecular flexibility index (Phi) is 7.11. The second-order valence-corrected chi connectivity index (χ2v) is 10.4. The summed E-state index contributed by atoms with van der Waals surface area (Å²) in [6, 6.07) is 27.5. The molecule has 9 heteroatoms. The summed E-state index contributed by atoms with van der Waals surface area (Å²) in [7, 11) is 1.62. The highest BCUT2D eigenvalue weighted by Crippen LogP contribution is 2.44. The number of fused-ring (bicyclic) bond motifs is 1. The molecule has 8 nitrogen and oxygen atoms in total. The van der Waals surface area contributed by atoms with Gasteiger partial charge in [0.25, 0.3) is 0 Å². The molecule has 3 atom stereocenters. The number of nitrogens with zero attached hydrogens (tertiary/aromatic N) is 4. The van der Waals surface area contributed by atoms with E-state index in [2.05, 4.69) is 26.2 Å². The van der Waals surface area contributed by atoms with Crippen LogP contribution in [-0.4, -0.2) is 43.9 Å². The lowest BCUT2D eigenvalue weighted by molar-refractivity contribution is -0.0717. The fraction of sp³-hybridized carbons (Fsp3) is 0.242. The Hall–Kier alpha value is -4.78. The first-order valence-electron chi connectivity index (χ1n) is 13.6. The molecular formula is C33H30FN5O3. The molecule has 5 aromatic rings. The van der Waals surface area contributed by atoms with E-state index in [-0.39, 0.29) is 24.0 Å². The van der Waals surface area contributed by atoms with Gasteiger partial charge in [0.2, 0.25) is 0 Å². The van der Waals surface area contributed by atoms with Crippen LogP contribution < -0.4 is 10.1 Å². The number of halogens is 1. The number of rotatable bonds is 8. The Balaban J connectivity index is 1.54. The summed E-state index contributed by atoms with van der Waals surface area (Å²) in [5, 5.41) is 13.6. The van der Waals surface area contributed by atoms with Crippen molar-refractivity contribution in [1.82, 2.24) is 19.5 Å². The van der Waals surface area contributed by atoms with Crippen LogP contribution in [-0.2, 0) is 10.3 Å². The lowest BCUT2D eigenvalue weighted by Gasteiger charge is -2.37. The number of aromatic nitrogens is 4. The van der Waals surface area contributed by atoms with Crippen LogP contribution in [0.3, 0.4) is 0 Å². The normalized spacial score (nSPS) is 20.4. The molecule has 6 rings (SSSR count). The molecule has 42 heavy (non-hydrogen) atoms. The minimum absolute atomic E-state index is 0.141. The summed E-state index contributed by atoms with van der Waals surface area (Å²) in [5.41, 5.74) is 1.16. The van der Waals surface area contributed by atoms with Gasteiger partial charge in [0.05, 0.1) is 20.0 Å². The molecule has 3 heterocycles. The molecule has 1 fully saturated rings. The second-order valence-electron chi connectivity index (χ2n) is 10.4. The zero-order valence-electron chi connectivity index (χ0n) is 23.2. The molecule has 1 aliphatic heterocycles. The smallest absolute Gasteiger partial charge is 0.312 e. The first-order chi connectivity index (χ1) is 20.4. The molecule has 212 valence electrons. The molecule has 0 bridgehead atoms. The molecule has 1 aliphatic rings. The van der Waals surface area contributed by atoms with E-state index >= 15 is 4.39 Å². The van der Waals surface area contributed by atoms with E-state index in [1.807, 2.05) is 91.9 Å². The second kappa shape index (κ2) is 10.9. The van der Waals surface area contributed by atoms with Gasteiger partial charge < -0.3 is 19.9 Å². The van der Waals surface area contributed by atoms with Crippen molar-refractivity contribution in [1.29, 1.82) is 0 Å². The van der Waals surface area contributed by atoms with Crippen molar-refractivity contribution in [2.24, 2.45) is 5.92 Å². The molecule has 3 aromatic carbocycles. The van der Waals surface area contributed by atoms with E-state index in [0.29, 0.717) is 17.7 Å². The Morgan fingerprint density at radius 3 is 2.21 bits per heavy atom. The van der Waals surface area contributed by atoms with Gasteiger partial charge in [-0.05, 0) is 35.2 Å². The predicted octanol–water partition coefficient (Wildman–Crippen LogP) is 5.30. The topological polar surface area (TPSA) is 94.3 Å². The van der Waals surface area contributed by atoms with Gasteiger partial charge in [0.15, 0.2) is 22.6 Å². The largest absolute Gasteiger partial charge is 0.497 e. The number of hydrogen-bond donors (Lipinski definition) is 2. The fourth-order valence-corrected chi connectivity index (χ4v) is 5.78. The van der Waals surface area contributed by atoms with Crippen LogP contribution >= 0.6 is 0 Å². The van der Waals surface area contributed by atoms with Crippen LogP contribution in [0.15, 0.2) is 91.3 Å². The third kappa shape index (κ3) is 4.45. The van der Waals surface area contributed by atoms with Gasteiger partial charge in [0.1, 0.15) is 17.5 Å². The van der Waals surface area contributed by atoms with Crippen molar-refractivity contribution in [2.45, 2.75) is 30.7 Å². The molecule has 0 aliphatic carbocycles. The van der Waals surface area contributed by atoms with E-state index in [0.717, 1.165) is 16.7 Å². The highest BCUT2D eigenvalue weighted by molar-refractivity contribution is 5.84. The van der Waals surface area contributed by atoms with Crippen LogP contribution in [0.1, 0.15) is 36.3 Å². The van der Waals surface area contributed by atoms with Crippen molar-refractivity contribution in [3.8, 4) is 18.1 Å². The average molecular weight is 564 g/mol. The number of ether oxygens (including phenoxy) is 2. The summed E-state index contributed by atoms with van der Waals surface area (Å²) in [4.78, 5) is 12.9. The number of aliphatic hydroxyl groups excluding tert-OH is 1. The molecule has 0 radical (unpaired) electrons. The van der Waals surface area contributed by atoms with Crippen LogP contribution in [0.2, 0.25) is 0 Å². The maximum absolute atomic E-state index is 15.3. The zero-order valence-corrected chi connectivity index (χ0v) is 23.2. The number of methoxy groups -OCH3 is 1. The number of hydrogen-bond acceptors (Lipinski definition) is 7. The predicted molar refractivity (Wildman–Crippen MR) is 157 cm³/mol. The molecule has 2 aromatic heterocycles. The Labute approximate surface area is 243 Å².